The number of hydrogen-bond acceptors (Lipinski definition) is 9. The maximum Gasteiger partial charge on any atom is 0.306 e. The molecule has 2 heterocycles. The zero-order valence-corrected chi connectivity index (χ0v) is 18.6. The first kappa shape index (κ1) is 22.6. The van der Waals surface area contributed by atoms with Crippen molar-refractivity contribution < 1.29 is 14.3 Å². The number of carbonyl (C=O) groups is 2. The van der Waals surface area contributed by atoms with Gasteiger partial charge in [0.1, 0.15) is 5.82 Å². The summed E-state index contributed by atoms with van der Waals surface area (Å²) in [5.74, 6) is 0.392. The first-order valence-corrected chi connectivity index (χ1v) is 10.8. The number of aromatic nitrogens is 4. The first-order chi connectivity index (χ1) is 14.8. The summed E-state index contributed by atoms with van der Waals surface area (Å²) in [7, 11) is 1.38. The summed E-state index contributed by atoms with van der Waals surface area (Å²) in [6, 6.07) is 5.88. The summed E-state index contributed by atoms with van der Waals surface area (Å²) in [6.45, 7) is 2.82. The van der Waals surface area contributed by atoms with Gasteiger partial charge in [-0.3, -0.25) is 9.59 Å². The number of rotatable bonds is 8. The number of carbonyl (C=O) groups excluding carboxylic acids is 2. The van der Waals surface area contributed by atoms with Crippen LogP contribution in [0, 0.1) is 0 Å². The van der Waals surface area contributed by atoms with Gasteiger partial charge in [0.05, 0.1) is 31.1 Å². The van der Waals surface area contributed by atoms with E-state index in [4.69, 9.17) is 23.1 Å². The van der Waals surface area contributed by atoms with Crippen LogP contribution in [0.3, 0.4) is 0 Å². The highest BCUT2D eigenvalue weighted by Crippen LogP contribution is 2.25. The van der Waals surface area contributed by atoms with Crippen molar-refractivity contribution in [2.45, 2.75) is 31.3 Å². The van der Waals surface area contributed by atoms with Gasteiger partial charge in [-0.05, 0) is 25.1 Å². The van der Waals surface area contributed by atoms with Crippen molar-refractivity contribution in [3.8, 4) is 0 Å². The van der Waals surface area contributed by atoms with E-state index in [1.807, 2.05) is 29.7 Å². The van der Waals surface area contributed by atoms with E-state index in [9.17, 15) is 9.59 Å². The van der Waals surface area contributed by atoms with Gasteiger partial charge in [0, 0.05) is 17.2 Å². The van der Waals surface area contributed by atoms with Crippen LogP contribution in [0.25, 0.3) is 11.0 Å². The number of thioether (sulfide) groups is 1. The topological polar surface area (TPSA) is 151 Å². The molecule has 31 heavy (non-hydrogen) atoms. The van der Waals surface area contributed by atoms with E-state index >= 15 is 0 Å². The highest BCUT2D eigenvalue weighted by atomic mass is 35.5. The summed E-state index contributed by atoms with van der Waals surface area (Å²) in [6.07, 6.45) is 0.338. The molecule has 5 N–H and O–H groups in total. The molecule has 0 unspecified atom stereocenters. The van der Waals surface area contributed by atoms with E-state index in [1.54, 1.807) is 11.8 Å². The van der Waals surface area contributed by atoms with Crippen molar-refractivity contribution in [1.29, 1.82) is 0 Å². The van der Waals surface area contributed by atoms with Crippen LogP contribution >= 0.6 is 23.4 Å². The number of anilines is 2. The number of aryl methyl sites for hydroxylation is 1. The molecule has 10 nitrogen and oxygen atoms in total. The molecule has 0 aliphatic rings. The highest BCUT2D eigenvalue weighted by molar-refractivity contribution is 7.99. The molecule has 2 aromatic heterocycles. The van der Waals surface area contributed by atoms with Gasteiger partial charge in [0.15, 0.2) is 22.5 Å². The zero-order valence-electron chi connectivity index (χ0n) is 17.0. The number of nitrogens with two attached hydrogens (primary N) is 2. The van der Waals surface area contributed by atoms with Crippen molar-refractivity contribution in [1.82, 2.24) is 24.8 Å². The van der Waals surface area contributed by atoms with Gasteiger partial charge in [-0.1, -0.05) is 11.6 Å². The van der Waals surface area contributed by atoms with Gasteiger partial charge in [-0.15, -0.1) is 11.8 Å². The van der Waals surface area contributed by atoms with Crippen LogP contribution in [0.1, 0.15) is 29.7 Å². The summed E-state index contributed by atoms with van der Waals surface area (Å²) in [4.78, 5) is 37.1. The monoisotopic (exact) mass is 463 g/mol. The summed E-state index contributed by atoms with van der Waals surface area (Å²) in [5, 5.41) is 2.66. The molecule has 0 aliphatic heterocycles. The molecule has 3 rings (SSSR count). The fourth-order valence-electron chi connectivity index (χ4n) is 2.94. The Hall–Kier alpha value is -3.05. The van der Waals surface area contributed by atoms with E-state index in [1.165, 1.54) is 7.11 Å². The lowest BCUT2D eigenvalue weighted by atomic mass is 10.3. The van der Waals surface area contributed by atoms with E-state index < -0.39 is 5.91 Å². The van der Waals surface area contributed by atoms with Crippen molar-refractivity contribution in [2.75, 3.05) is 24.3 Å². The molecule has 1 amide bonds. The Kier molecular flexibility index (Phi) is 7.18. The molecule has 0 bridgehead atoms. The van der Waals surface area contributed by atoms with Gasteiger partial charge >= 0.3 is 5.97 Å². The van der Waals surface area contributed by atoms with Gasteiger partial charge in [0.25, 0.3) is 5.91 Å². The fraction of sp³-hybridized carbons (Fsp3) is 0.316. The van der Waals surface area contributed by atoms with Crippen molar-refractivity contribution in [2.24, 2.45) is 0 Å². The molecule has 12 heteroatoms. The predicted molar refractivity (Wildman–Crippen MR) is 120 cm³/mol. The maximum atomic E-state index is 12.5. The Balaban J connectivity index is 1.75. The first-order valence-electron chi connectivity index (χ1n) is 9.39. The Bertz CT molecular complexity index is 1140. The van der Waals surface area contributed by atoms with Gasteiger partial charge in [-0.25, -0.2) is 15.0 Å². The molecule has 3 aromatic rings. The third-order valence-corrected chi connectivity index (χ3v) is 5.72. The Morgan fingerprint density at radius 3 is 2.71 bits per heavy atom. The number of benzene rings is 1. The summed E-state index contributed by atoms with van der Waals surface area (Å²) in [5.41, 5.74) is 12.9. The minimum Gasteiger partial charge on any atom is -0.469 e. The number of nitrogens with one attached hydrogen (secondary N) is 1. The maximum absolute atomic E-state index is 12.5. The minimum absolute atomic E-state index is 0.0382. The van der Waals surface area contributed by atoms with E-state index in [-0.39, 0.29) is 35.0 Å². The molecular weight excluding hydrogens is 442 g/mol. The number of halogens is 1. The lowest BCUT2D eigenvalue weighted by molar-refractivity contribution is -0.140. The molecule has 0 saturated heterocycles. The quantitative estimate of drug-likeness (QED) is 0.337. The van der Waals surface area contributed by atoms with Crippen LogP contribution in [0.5, 0.6) is 0 Å². The molecule has 0 atom stereocenters. The second kappa shape index (κ2) is 9.84. The van der Waals surface area contributed by atoms with Crippen molar-refractivity contribution >= 4 is 57.9 Å². The lowest BCUT2D eigenvalue weighted by Gasteiger charge is -2.09. The number of imidazole rings is 1. The van der Waals surface area contributed by atoms with E-state index in [0.717, 1.165) is 15.9 Å². The van der Waals surface area contributed by atoms with Crippen LogP contribution < -0.4 is 16.8 Å². The number of nitrogens with zero attached hydrogens (tertiary/aromatic N) is 4. The number of esters is 1. The van der Waals surface area contributed by atoms with Gasteiger partial charge in [-0.2, -0.15) is 0 Å². The van der Waals surface area contributed by atoms with Crippen LogP contribution in [0.15, 0.2) is 23.1 Å². The molecule has 0 spiro atoms. The second-order valence-corrected chi connectivity index (χ2v) is 7.94. The minimum atomic E-state index is -0.527. The third kappa shape index (κ3) is 5.17. The van der Waals surface area contributed by atoms with Crippen LogP contribution in [0.2, 0.25) is 5.15 Å². The van der Waals surface area contributed by atoms with E-state index in [0.29, 0.717) is 24.5 Å². The number of fused-ring (bicyclic) bond motifs is 1. The molecule has 0 radical (unpaired) electrons. The van der Waals surface area contributed by atoms with Crippen molar-refractivity contribution in [3.05, 3.63) is 34.9 Å². The van der Waals surface area contributed by atoms with Crippen LogP contribution in [-0.2, 0) is 22.6 Å². The Labute approximate surface area is 187 Å². The Morgan fingerprint density at radius 2 is 2.00 bits per heavy atom. The smallest absolute Gasteiger partial charge is 0.306 e. The number of methoxy groups -OCH3 is 1. The molecule has 1 aromatic carbocycles. The number of hydrogen-bond donors (Lipinski definition) is 3. The average Bonchev–Trinajstić information content (AvgIpc) is 3.11. The van der Waals surface area contributed by atoms with Crippen LogP contribution in [-0.4, -0.2) is 44.3 Å². The molecular formula is C19H22ClN7O3S. The van der Waals surface area contributed by atoms with Crippen molar-refractivity contribution in [3.63, 3.8) is 0 Å². The number of ether oxygens (including phenoxy) is 1. The van der Waals surface area contributed by atoms with Crippen LogP contribution in [0.4, 0.5) is 11.6 Å². The number of nitrogen functional groups attached to an aromatic ring is 2. The molecule has 0 aliphatic carbocycles. The standard InChI is InChI=1S/C19H22ClN7O3S/c1-3-27-12-8-10(31-7-6-14(28)30-2)4-5-11(12)24-13(27)9-23-19(29)15-17(21)26-18(22)16(20)25-15/h4-5,8H,3,6-7,9H2,1-2H3,(H,23,29)(H4,21,22,26). The Morgan fingerprint density at radius 1 is 1.23 bits per heavy atom. The molecule has 164 valence electrons. The largest absolute Gasteiger partial charge is 0.469 e. The van der Waals surface area contributed by atoms with Gasteiger partial charge < -0.3 is 26.1 Å². The zero-order chi connectivity index (χ0) is 22.5. The number of amides is 1. The SMILES string of the molecule is CCn1c(CNC(=O)c2nc(Cl)c(N)nc2N)nc2ccc(SCCC(=O)OC)cc21. The summed E-state index contributed by atoms with van der Waals surface area (Å²) < 4.78 is 6.67. The third-order valence-electron chi connectivity index (χ3n) is 4.44. The normalized spacial score (nSPS) is 10.9. The predicted octanol–water partition coefficient (Wildman–Crippen LogP) is 2.25. The second-order valence-electron chi connectivity index (χ2n) is 6.41. The lowest BCUT2D eigenvalue weighted by Crippen LogP contribution is -2.27. The highest BCUT2D eigenvalue weighted by Gasteiger charge is 2.17. The molecule has 0 fully saturated rings. The van der Waals surface area contributed by atoms with Gasteiger partial charge in [0.2, 0.25) is 0 Å². The average molecular weight is 464 g/mol. The summed E-state index contributed by atoms with van der Waals surface area (Å²) >= 11 is 7.41. The van der Waals surface area contributed by atoms with E-state index in [2.05, 4.69) is 25.0 Å². The fourth-order valence-corrected chi connectivity index (χ4v) is 3.93. The molecule has 0 saturated carbocycles.